The minimum atomic E-state index is -3.57. The molecular formula is C29H30N3O3S2+. The van der Waals surface area contributed by atoms with Crippen LogP contribution in [0.4, 0.5) is 5.69 Å². The zero-order chi connectivity index (χ0) is 26.0. The van der Waals surface area contributed by atoms with E-state index in [1.165, 1.54) is 17.3 Å². The number of benzene rings is 3. The van der Waals surface area contributed by atoms with Gasteiger partial charge in [0.1, 0.15) is 5.70 Å². The standard InChI is InChI=1S/C29H30N3O3S2/c1-3-23-12-14-25(15-13-23)36-28-27(21-32(29(28)33)24-9-5-4-6-10-24)30-16-18-31(19-17-30)37(34,35)26-11-7-8-22(2)20-26/h4-15,20-21H,3,16-19H2,1-2H3/q+1. The van der Waals surface area contributed by atoms with Gasteiger partial charge >= 0.3 is 5.91 Å². The van der Waals surface area contributed by atoms with E-state index < -0.39 is 10.0 Å². The van der Waals surface area contributed by atoms with Gasteiger partial charge in [-0.3, -0.25) is 0 Å². The highest BCUT2D eigenvalue weighted by Crippen LogP contribution is 2.36. The van der Waals surface area contributed by atoms with E-state index in [0.717, 1.165) is 28.3 Å². The monoisotopic (exact) mass is 532 g/mol. The first-order valence-corrected chi connectivity index (χ1v) is 14.7. The van der Waals surface area contributed by atoms with Crippen molar-refractivity contribution in [1.29, 1.82) is 0 Å². The lowest BCUT2D eigenvalue weighted by Crippen LogP contribution is -2.48. The number of sulfonamides is 1. The zero-order valence-corrected chi connectivity index (χ0v) is 22.6. The predicted molar refractivity (Wildman–Crippen MR) is 148 cm³/mol. The fourth-order valence-corrected chi connectivity index (χ4v) is 7.07. The molecule has 0 bridgehead atoms. The first-order valence-electron chi connectivity index (χ1n) is 12.4. The zero-order valence-electron chi connectivity index (χ0n) is 21.0. The van der Waals surface area contributed by atoms with Crippen LogP contribution in [0, 0.1) is 6.92 Å². The van der Waals surface area contributed by atoms with Crippen LogP contribution >= 0.6 is 11.8 Å². The maximum atomic E-state index is 13.6. The molecule has 0 aliphatic carbocycles. The van der Waals surface area contributed by atoms with Crippen molar-refractivity contribution in [1.82, 2.24) is 9.21 Å². The number of carbonyl (C=O) groups excluding carboxylic acids is 1. The van der Waals surface area contributed by atoms with E-state index in [2.05, 4.69) is 36.1 Å². The number of hydrogen-bond acceptors (Lipinski definition) is 5. The molecule has 0 radical (unpaired) electrons. The second kappa shape index (κ2) is 10.7. The average molecular weight is 533 g/mol. The van der Waals surface area contributed by atoms with Crippen LogP contribution in [0.25, 0.3) is 0 Å². The average Bonchev–Trinajstić information content (AvgIpc) is 3.25. The molecule has 0 saturated carbocycles. The highest BCUT2D eigenvalue weighted by Gasteiger charge is 2.40. The third-order valence-electron chi connectivity index (χ3n) is 6.69. The summed E-state index contributed by atoms with van der Waals surface area (Å²) < 4.78 is 29.7. The van der Waals surface area contributed by atoms with Crippen LogP contribution in [0.15, 0.2) is 99.3 Å². The van der Waals surface area contributed by atoms with Crippen LogP contribution < -0.4 is 0 Å². The highest BCUT2D eigenvalue weighted by atomic mass is 32.2. The molecule has 1 amide bonds. The third kappa shape index (κ3) is 5.28. The summed E-state index contributed by atoms with van der Waals surface area (Å²) in [5.41, 5.74) is 3.81. The molecule has 0 spiro atoms. The number of carbonyl (C=O) groups is 1. The number of amides is 1. The Hall–Kier alpha value is -3.20. The molecule has 2 aliphatic rings. The second-order valence-electron chi connectivity index (χ2n) is 9.16. The highest BCUT2D eigenvalue weighted by molar-refractivity contribution is 8.04. The van der Waals surface area contributed by atoms with Gasteiger partial charge in [-0.1, -0.05) is 61.2 Å². The summed E-state index contributed by atoms with van der Waals surface area (Å²) in [5, 5.41) is 0. The van der Waals surface area contributed by atoms with E-state index in [-0.39, 0.29) is 5.91 Å². The van der Waals surface area contributed by atoms with E-state index in [9.17, 15) is 13.2 Å². The molecule has 0 unspecified atom stereocenters. The number of piperazine rings is 1. The fraction of sp³-hybridized carbons (Fsp3) is 0.241. The minimum absolute atomic E-state index is 0.0689. The largest absolute Gasteiger partial charge is 0.434 e. The molecule has 2 heterocycles. The van der Waals surface area contributed by atoms with E-state index in [4.69, 9.17) is 0 Å². The maximum absolute atomic E-state index is 13.6. The molecule has 3 aromatic carbocycles. The van der Waals surface area contributed by atoms with Gasteiger partial charge in [-0.2, -0.15) is 4.31 Å². The summed E-state index contributed by atoms with van der Waals surface area (Å²) in [5.74, 6) is -0.0689. The van der Waals surface area contributed by atoms with Gasteiger partial charge in [0.15, 0.2) is 4.91 Å². The fourth-order valence-electron chi connectivity index (χ4n) is 4.57. The van der Waals surface area contributed by atoms with Crippen LogP contribution in [0.1, 0.15) is 18.1 Å². The predicted octanol–water partition coefficient (Wildman–Crippen LogP) is 4.82. The van der Waals surface area contributed by atoms with Crippen molar-refractivity contribution in [2.45, 2.75) is 30.1 Å². The van der Waals surface area contributed by atoms with Gasteiger partial charge < -0.3 is 4.90 Å². The first kappa shape index (κ1) is 25.4. The quantitative estimate of drug-likeness (QED) is 0.408. The number of para-hydroxylation sites is 1. The van der Waals surface area contributed by atoms with Crippen LogP contribution in [-0.2, 0) is 21.2 Å². The van der Waals surface area contributed by atoms with Crippen molar-refractivity contribution in [3.05, 3.63) is 101 Å². The van der Waals surface area contributed by atoms with Crippen molar-refractivity contribution in [2.24, 2.45) is 0 Å². The number of rotatable bonds is 7. The van der Waals surface area contributed by atoms with Gasteiger partial charge in [-0.25, -0.2) is 13.2 Å². The molecule has 0 N–H and O–H groups in total. The van der Waals surface area contributed by atoms with Crippen LogP contribution in [0.3, 0.4) is 0 Å². The summed E-state index contributed by atoms with van der Waals surface area (Å²) in [4.78, 5) is 17.7. The van der Waals surface area contributed by atoms with Gasteiger partial charge in [-0.05, 0) is 48.7 Å². The molecule has 1 saturated heterocycles. The Morgan fingerprint density at radius 2 is 1.59 bits per heavy atom. The maximum Gasteiger partial charge on any atom is 0.434 e. The Kier molecular flexibility index (Phi) is 7.33. The van der Waals surface area contributed by atoms with Crippen molar-refractivity contribution in [3.63, 3.8) is 0 Å². The Labute approximate surface area is 223 Å². The van der Waals surface area contributed by atoms with Gasteiger partial charge in [0, 0.05) is 43.2 Å². The summed E-state index contributed by atoms with van der Waals surface area (Å²) in [6.45, 7) is 5.74. The van der Waals surface area contributed by atoms with Gasteiger partial charge in [0.25, 0.3) is 0 Å². The second-order valence-corrected chi connectivity index (χ2v) is 12.2. The molecule has 5 rings (SSSR count). The Bertz CT molecular complexity index is 1470. The number of aryl methyl sites for hydroxylation is 2. The van der Waals surface area contributed by atoms with Gasteiger partial charge in [0.05, 0.1) is 4.90 Å². The lowest BCUT2D eigenvalue weighted by atomic mass is 10.2. The van der Waals surface area contributed by atoms with Crippen molar-refractivity contribution in [2.75, 3.05) is 26.2 Å². The van der Waals surface area contributed by atoms with E-state index >= 15 is 0 Å². The summed E-state index contributed by atoms with van der Waals surface area (Å²) >= 11 is 1.47. The number of allylic oxidation sites excluding steroid dienone is 1. The Morgan fingerprint density at radius 1 is 0.892 bits per heavy atom. The van der Waals surface area contributed by atoms with Crippen molar-refractivity contribution >= 4 is 39.6 Å². The molecule has 2 aliphatic heterocycles. The third-order valence-corrected chi connectivity index (χ3v) is 9.68. The van der Waals surface area contributed by atoms with Crippen molar-refractivity contribution in [3.8, 4) is 0 Å². The number of thioether (sulfide) groups is 1. The SMILES string of the molecule is CCc1ccc(SC2=C(N3CCN(S(=O)(=O)c4cccc(C)c4)CC3)C=[N+](c3ccccc3)C2=O)cc1. The molecule has 37 heavy (non-hydrogen) atoms. The Balaban J connectivity index is 1.41. The van der Waals surface area contributed by atoms with E-state index in [1.54, 1.807) is 27.1 Å². The molecule has 0 aromatic heterocycles. The molecule has 0 atom stereocenters. The van der Waals surface area contributed by atoms with E-state index in [1.807, 2.05) is 49.5 Å². The molecule has 190 valence electrons. The minimum Gasteiger partial charge on any atom is -0.363 e. The molecule has 1 fully saturated rings. The van der Waals surface area contributed by atoms with E-state index in [0.29, 0.717) is 36.0 Å². The summed E-state index contributed by atoms with van der Waals surface area (Å²) in [7, 11) is -3.57. The van der Waals surface area contributed by atoms with Crippen LogP contribution in [0.5, 0.6) is 0 Å². The first-order chi connectivity index (χ1) is 17.9. The smallest absolute Gasteiger partial charge is 0.363 e. The van der Waals surface area contributed by atoms with Crippen molar-refractivity contribution < 1.29 is 17.8 Å². The summed E-state index contributed by atoms with van der Waals surface area (Å²) in [6, 6.07) is 24.9. The number of nitrogens with zero attached hydrogens (tertiary/aromatic N) is 3. The molecule has 8 heteroatoms. The lowest BCUT2D eigenvalue weighted by molar-refractivity contribution is -0.353. The van der Waals surface area contributed by atoms with Gasteiger partial charge in [0.2, 0.25) is 21.9 Å². The Morgan fingerprint density at radius 3 is 2.24 bits per heavy atom. The topological polar surface area (TPSA) is 60.7 Å². The van der Waals surface area contributed by atoms with Crippen LogP contribution in [-0.4, -0.2) is 60.5 Å². The molecule has 3 aromatic rings. The molecular weight excluding hydrogens is 502 g/mol. The van der Waals surface area contributed by atoms with Crippen LogP contribution in [0.2, 0.25) is 0 Å². The lowest BCUT2D eigenvalue weighted by Gasteiger charge is -2.34. The van der Waals surface area contributed by atoms with Gasteiger partial charge in [-0.15, -0.1) is 4.58 Å². The number of hydrogen-bond donors (Lipinski definition) is 0. The molecule has 6 nitrogen and oxygen atoms in total. The normalized spacial score (nSPS) is 16.9. The summed E-state index contributed by atoms with van der Waals surface area (Å²) in [6.07, 6.45) is 2.86.